The molecule has 3 nitrogen and oxygen atoms in total. The van der Waals surface area contributed by atoms with Gasteiger partial charge in [-0.05, 0) is 82.4 Å². The van der Waals surface area contributed by atoms with Crippen molar-refractivity contribution in [1.29, 1.82) is 0 Å². The lowest BCUT2D eigenvalue weighted by molar-refractivity contribution is 0.631. The van der Waals surface area contributed by atoms with Crippen LogP contribution in [0.4, 0.5) is 17.1 Å². The SMILES string of the molecule is c1ccc(-c2ccc(-c3cccc(N(c4ccc5oc(-c6ccccc6)cc5c4)c4ccc(-c5ccccc5)c5oc6ccccc6c45)c3)cc2)cc1. The maximum Gasteiger partial charge on any atom is 0.145 e. The van der Waals surface area contributed by atoms with Crippen LogP contribution in [0.3, 0.4) is 0 Å². The lowest BCUT2D eigenvalue weighted by Gasteiger charge is -2.27. The molecule has 0 amide bonds. The van der Waals surface area contributed by atoms with Gasteiger partial charge in [-0.25, -0.2) is 0 Å². The molecular formula is C50H33NO2. The van der Waals surface area contributed by atoms with Gasteiger partial charge in [0.05, 0.1) is 11.1 Å². The summed E-state index contributed by atoms with van der Waals surface area (Å²) in [6.07, 6.45) is 0. The van der Waals surface area contributed by atoms with Crippen LogP contribution < -0.4 is 4.90 Å². The van der Waals surface area contributed by atoms with Crippen LogP contribution in [-0.2, 0) is 0 Å². The van der Waals surface area contributed by atoms with Gasteiger partial charge in [-0.1, -0.05) is 146 Å². The summed E-state index contributed by atoms with van der Waals surface area (Å²) >= 11 is 0. The van der Waals surface area contributed by atoms with Crippen molar-refractivity contribution in [3.8, 4) is 44.7 Å². The molecule has 10 aromatic rings. The van der Waals surface area contributed by atoms with E-state index in [1.807, 2.05) is 30.3 Å². The van der Waals surface area contributed by atoms with E-state index < -0.39 is 0 Å². The van der Waals surface area contributed by atoms with Crippen LogP contribution in [-0.4, -0.2) is 0 Å². The molecule has 0 fully saturated rings. The third-order valence-electron chi connectivity index (χ3n) is 10.1. The van der Waals surface area contributed by atoms with E-state index >= 15 is 0 Å². The van der Waals surface area contributed by atoms with Gasteiger partial charge in [0.15, 0.2) is 0 Å². The van der Waals surface area contributed by atoms with Gasteiger partial charge in [0, 0.05) is 33.3 Å². The quantitative estimate of drug-likeness (QED) is 0.168. The molecule has 0 bridgehead atoms. The Morgan fingerprint density at radius 1 is 0.358 bits per heavy atom. The van der Waals surface area contributed by atoms with Gasteiger partial charge in [-0.15, -0.1) is 0 Å². The van der Waals surface area contributed by atoms with E-state index in [1.54, 1.807) is 0 Å². The monoisotopic (exact) mass is 679 g/mol. The van der Waals surface area contributed by atoms with Crippen LogP contribution in [0, 0.1) is 0 Å². The normalized spacial score (nSPS) is 11.4. The summed E-state index contributed by atoms with van der Waals surface area (Å²) < 4.78 is 13.1. The number of hydrogen-bond donors (Lipinski definition) is 0. The maximum absolute atomic E-state index is 6.72. The fraction of sp³-hybridized carbons (Fsp3) is 0. The number of para-hydroxylation sites is 1. The topological polar surface area (TPSA) is 29.5 Å². The first-order valence-electron chi connectivity index (χ1n) is 17.9. The van der Waals surface area contributed by atoms with Crippen molar-refractivity contribution in [2.45, 2.75) is 0 Å². The van der Waals surface area contributed by atoms with Crippen LogP contribution >= 0.6 is 0 Å². The smallest absolute Gasteiger partial charge is 0.145 e. The molecule has 0 aliphatic rings. The van der Waals surface area contributed by atoms with Crippen molar-refractivity contribution < 1.29 is 8.83 Å². The minimum atomic E-state index is 0.846. The Morgan fingerprint density at radius 3 is 1.72 bits per heavy atom. The Labute approximate surface area is 307 Å². The van der Waals surface area contributed by atoms with Gasteiger partial charge in [0.2, 0.25) is 0 Å². The van der Waals surface area contributed by atoms with Gasteiger partial charge in [0.25, 0.3) is 0 Å². The van der Waals surface area contributed by atoms with Gasteiger partial charge < -0.3 is 13.7 Å². The Hall–Kier alpha value is -7.10. The summed E-state index contributed by atoms with van der Waals surface area (Å²) in [6.45, 7) is 0. The molecule has 53 heavy (non-hydrogen) atoms. The molecule has 8 aromatic carbocycles. The fourth-order valence-electron chi connectivity index (χ4n) is 7.49. The van der Waals surface area contributed by atoms with E-state index in [-0.39, 0.29) is 0 Å². The largest absolute Gasteiger partial charge is 0.456 e. The molecule has 250 valence electrons. The van der Waals surface area contributed by atoms with Gasteiger partial charge >= 0.3 is 0 Å². The zero-order chi connectivity index (χ0) is 35.1. The first kappa shape index (κ1) is 30.7. The number of anilines is 3. The molecule has 0 aliphatic heterocycles. The van der Waals surface area contributed by atoms with Crippen molar-refractivity contribution in [3.63, 3.8) is 0 Å². The molecule has 10 rings (SSSR count). The number of benzene rings is 8. The number of hydrogen-bond acceptors (Lipinski definition) is 3. The van der Waals surface area contributed by atoms with E-state index in [4.69, 9.17) is 8.83 Å². The first-order chi connectivity index (χ1) is 26.3. The summed E-state index contributed by atoms with van der Waals surface area (Å²) in [5, 5.41) is 3.17. The third-order valence-corrected chi connectivity index (χ3v) is 10.1. The summed E-state index contributed by atoms with van der Waals surface area (Å²) in [6, 6.07) is 70.3. The molecule has 0 saturated heterocycles. The highest BCUT2D eigenvalue weighted by molar-refractivity contribution is 6.17. The Balaban J connectivity index is 1.17. The zero-order valence-electron chi connectivity index (χ0n) is 28.8. The molecule has 0 saturated carbocycles. The highest BCUT2D eigenvalue weighted by Crippen LogP contribution is 2.47. The number of furan rings is 2. The first-order valence-corrected chi connectivity index (χ1v) is 17.9. The lowest BCUT2D eigenvalue weighted by Crippen LogP contribution is -2.10. The predicted molar refractivity (Wildman–Crippen MR) is 220 cm³/mol. The molecule has 0 unspecified atom stereocenters. The fourth-order valence-corrected chi connectivity index (χ4v) is 7.49. The van der Waals surface area contributed by atoms with Crippen LogP contribution in [0.25, 0.3) is 77.6 Å². The van der Waals surface area contributed by atoms with E-state index in [0.29, 0.717) is 0 Å². The van der Waals surface area contributed by atoms with Crippen molar-refractivity contribution in [2.75, 3.05) is 4.90 Å². The number of nitrogens with zero attached hydrogens (tertiary/aromatic N) is 1. The van der Waals surface area contributed by atoms with Crippen LogP contribution in [0.1, 0.15) is 0 Å². The predicted octanol–water partition coefficient (Wildman–Crippen LogP) is 14.5. The average molecular weight is 680 g/mol. The summed E-state index contributed by atoms with van der Waals surface area (Å²) in [4.78, 5) is 2.36. The maximum atomic E-state index is 6.72. The van der Waals surface area contributed by atoms with Crippen molar-refractivity contribution in [1.82, 2.24) is 0 Å². The summed E-state index contributed by atoms with van der Waals surface area (Å²) in [5.41, 5.74) is 13.6. The summed E-state index contributed by atoms with van der Waals surface area (Å²) in [7, 11) is 0. The van der Waals surface area contributed by atoms with Gasteiger partial charge in [-0.3, -0.25) is 0 Å². The number of fused-ring (bicyclic) bond motifs is 4. The number of rotatable bonds is 7. The Kier molecular flexibility index (Phi) is 7.47. The second-order valence-corrected chi connectivity index (χ2v) is 13.3. The molecule has 2 aromatic heterocycles. The molecule has 0 N–H and O–H groups in total. The standard InChI is InChI=1S/C50H33NO2/c1-4-13-34(14-5-1)35-23-25-36(26-24-35)39-19-12-20-41(31-39)51(42-27-30-46-40(32-42)33-48(52-46)38-17-8-3-9-18-38)45-29-28-43(37-15-6-2-7-16-37)50-49(45)44-21-10-11-22-47(44)53-50/h1-33H. The van der Waals surface area contributed by atoms with Crippen LogP contribution in [0.5, 0.6) is 0 Å². The van der Waals surface area contributed by atoms with Crippen LogP contribution in [0.15, 0.2) is 209 Å². The van der Waals surface area contributed by atoms with Crippen molar-refractivity contribution in [3.05, 3.63) is 200 Å². The van der Waals surface area contributed by atoms with Gasteiger partial charge in [-0.2, -0.15) is 0 Å². The Bertz CT molecular complexity index is 2870. The van der Waals surface area contributed by atoms with Crippen molar-refractivity contribution >= 4 is 50.0 Å². The molecule has 3 heteroatoms. The molecule has 0 radical (unpaired) electrons. The van der Waals surface area contributed by atoms with Gasteiger partial charge in [0.1, 0.15) is 22.5 Å². The van der Waals surface area contributed by atoms with E-state index in [1.165, 1.54) is 11.1 Å². The Morgan fingerprint density at radius 2 is 0.962 bits per heavy atom. The minimum Gasteiger partial charge on any atom is -0.456 e. The minimum absolute atomic E-state index is 0.846. The zero-order valence-corrected chi connectivity index (χ0v) is 28.8. The molecule has 0 spiro atoms. The molecular weight excluding hydrogens is 647 g/mol. The highest BCUT2D eigenvalue weighted by Gasteiger charge is 2.23. The average Bonchev–Trinajstić information content (AvgIpc) is 3.85. The lowest BCUT2D eigenvalue weighted by atomic mass is 9.98. The molecule has 0 atom stereocenters. The van der Waals surface area contributed by atoms with Crippen molar-refractivity contribution in [2.24, 2.45) is 0 Å². The van der Waals surface area contributed by atoms with E-state index in [2.05, 4.69) is 175 Å². The molecule has 2 heterocycles. The van der Waals surface area contributed by atoms with E-state index in [0.717, 1.165) is 83.5 Å². The second kappa shape index (κ2) is 12.9. The summed E-state index contributed by atoms with van der Waals surface area (Å²) in [5.74, 6) is 0.848. The highest BCUT2D eigenvalue weighted by atomic mass is 16.3. The molecule has 0 aliphatic carbocycles. The second-order valence-electron chi connectivity index (χ2n) is 13.3. The van der Waals surface area contributed by atoms with Crippen LogP contribution in [0.2, 0.25) is 0 Å². The third kappa shape index (κ3) is 5.56. The van der Waals surface area contributed by atoms with E-state index in [9.17, 15) is 0 Å².